The number of amides is 1. The maximum Gasteiger partial charge on any atom is 0.348 e. The fourth-order valence-electron chi connectivity index (χ4n) is 2.87. The van der Waals surface area contributed by atoms with Crippen molar-refractivity contribution in [3.8, 4) is 5.69 Å². The molecule has 2 aromatic heterocycles. The van der Waals surface area contributed by atoms with Crippen LogP contribution in [0.2, 0.25) is 5.02 Å². The number of carbonyl (C=O) groups is 2. The Bertz CT molecular complexity index is 1250. The number of hydrogen-bond donors (Lipinski definition) is 1. The Labute approximate surface area is 194 Å². The topological polar surface area (TPSA) is 73.2 Å². The van der Waals surface area contributed by atoms with Crippen molar-refractivity contribution in [3.63, 3.8) is 0 Å². The van der Waals surface area contributed by atoms with Gasteiger partial charge in [0.15, 0.2) is 6.61 Å². The summed E-state index contributed by atoms with van der Waals surface area (Å²) in [4.78, 5) is 25.7. The van der Waals surface area contributed by atoms with Crippen molar-refractivity contribution < 1.29 is 14.3 Å². The van der Waals surface area contributed by atoms with Crippen molar-refractivity contribution >= 4 is 73.3 Å². The molecule has 1 amide bonds. The lowest BCUT2D eigenvalue weighted by Crippen LogP contribution is -2.20. The van der Waals surface area contributed by atoms with Gasteiger partial charge in [0.1, 0.15) is 9.71 Å². The van der Waals surface area contributed by atoms with E-state index in [1.807, 2.05) is 37.3 Å². The Balaban J connectivity index is 1.49. The Hall–Kier alpha value is -2.43. The van der Waals surface area contributed by atoms with Gasteiger partial charge in [0.2, 0.25) is 0 Å². The molecular formula is C21H15ClIN3O3S. The highest BCUT2D eigenvalue weighted by Gasteiger charge is 2.19. The Kier molecular flexibility index (Phi) is 6.07. The molecule has 0 saturated carbocycles. The van der Waals surface area contributed by atoms with E-state index in [2.05, 4.69) is 33.0 Å². The molecule has 0 unspecified atom stereocenters. The highest BCUT2D eigenvalue weighted by molar-refractivity contribution is 14.1. The van der Waals surface area contributed by atoms with Crippen LogP contribution < -0.4 is 5.32 Å². The molecule has 1 N–H and O–H groups in total. The first-order valence-corrected chi connectivity index (χ1v) is 11.2. The minimum atomic E-state index is -0.556. The largest absolute Gasteiger partial charge is 0.451 e. The van der Waals surface area contributed by atoms with Crippen molar-refractivity contribution in [2.45, 2.75) is 6.92 Å². The molecule has 0 atom stereocenters. The van der Waals surface area contributed by atoms with Gasteiger partial charge in [0.05, 0.1) is 16.4 Å². The maximum atomic E-state index is 12.5. The van der Waals surface area contributed by atoms with Crippen molar-refractivity contribution in [1.29, 1.82) is 0 Å². The van der Waals surface area contributed by atoms with Gasteiger partial charge < -0.3 is 10.1 Å². The van der Waals surface area contributed by atoms with Crippen LogP contribution in [-0.2, 0) is 9.53 Å². The number of nitrogens with one attached hydrogen (secondary N) is 1. The molecule has 0 bridgehead atoms. The molecular weight excluding hydrogens is 537 g/mol. The molecule has 0 spiro atoms. The monoisotopic (exact) mass is 551 g/mol. The number of aromatic nitrogens is 2. The first-order valence-electron chi connectivity index (χ1n) is 8.89. The highest BCUT2D eigenvalue weighted by atomic mass is 127. The van der Waals surface area contributed by atoms with E-state index in [9.17, 15) is 9.59 Å². The fourth-order valence-corrected chi connectivity index (χ4v) is 4.51. The van der Waals surface area contributed by atoms with Gasteiger partial charge in [-0.15, -0.1) is 11.3 Å². The number of aryl methyl sites for hydroxylation is 1. The standard InChI is InChI=1S/C21H15ClIN3O3S/c1-12-15-10-18(30-20(15)26(25-12)17-5-3-2-4-16(17)22)21(28)29-11-19(27)24-14-8-6-13(23)7-9-14/h2-10H,11H2,1H3,(H,24,27). The molecule has 9 heteroatoms. The number of para-hydroxylation sites is 1. The molecule has 0 fully saturated rings. The SMILES string of the molecule is Cc1nn(-c2ccccc2Cl)c2sc(C(=O)OCC(=O)Nc3ccc(I)cc3)cc12. The molecule has 2 heterocycles. The summed E-state index contributed by atoms with van der Waals surface area (Å²) in [6.45, 7) is 1.50. The van der Waals surface area contributed by atoms with Gasteiger partial charge >= 0.3 is 5.97 Å². The van der Waals surface area contributed by atoms with Crippen molar-refractivity contribution in [2.24, 2.45) is 0 Å². The maximum absolute atomic E-state index is 12.5. The lowest BCUT2D eigenvalue weighted by Gasteiger charge is -2.06. The van der Waals surface area contributed by atoms with Gasteiger partial charge in [-0.3, -0.25) is 4.79 Å². The van der Waals surface area contributed by atoms with Crippen LogP contribution in [0, 0.1) is 10.5 Å². The summed E-state index contributed by atoms with van der Waals surface area (Å²) in [5.41, 5.74) is 2.15. The predicted molar refractivity (Wildman–Crippen MR) is 127 cm³/mol. The number of esters is 1. The predicted octanol–water partition coefficient (Wildman–Crippen LogP) is 5.45. The number of halogens is 2. The van der Waals surface area contributed by atoms with Crippen LogP contribution in [0.25, 0.3) is 15.9 Å². The number of fused-ring (bicyclic) bond motifs is 1. The Morgan fingerprint density at radius 2 is 1.93 bits per heavy atom. The summed E-state index contributed by atoms with van der Waals surface area (Å²) in [7, 11) is 0. The summed E-state index contributed by atoms with van der Waals surface area (Å²) < 4.78 is 7.98. The molecule has 0 aliphatic heterocycles. The van der Waals surface area contributed by atoms with Gasteiger partial charge in [-0.25, -0.2) is 9.48 Å². The number of ether oxygens (including phenoxy) is 1. The molecule has 2 aromatic carbocycles. The minimum Gasteiger partial charge on any atom is -0.451 e. The first kappa shape index (κ1) is 20.8. The zero-order valence-corrected chi connectivity index (χ0v) is 19.4. The fraction of sp³-hybridized carbons (Fsp3) is 0.0952. The van der Waals surface area contributed by atoms with Gasteiger partial charge in [0, 0.05) is 14.6 Å². The molecule has 0 aliphatic carbocycles. The zero-order chi connectivity index (χ0) is 21.3. The second-order valence-corrected chi connectivity index (χ2v) is 9.09. The van der Waals surface area contributed by atoms with Crippen LogP contribution in [0.15, 0.2) is 54.6 Å². The van der Waals surface area contributed by atoms with Crippen LogP contribution in [0.1, 0.15) is 15.4 Å². The van der Waals surface area contributed by atoms with E-state index in [0.717, 1.165) is 25.2 Å². The number of rotatable bonds is 5. The van der Waals surface area contributed by atoms with E-state index in [0.29, 0.717) is 15.6 Å². The van der Waals surface area contributed by atoms with Gasteiger partial charge in [0.25, 0.3) is 5.91 Å². The van der Waals surface area contributed by atoms with E-state index in [1.54, 1.807) is 28.9 Å². The highest BCUT2D eigenvalue weighted by Crippen LogP contribution is 2.32. The molecule has 4 rings (SSSR count). The first-order chi connectivity index (χ1) is 14.4. The second kappa shape index (κ2) is 8.75. The third-order valence-corrected chi connectivity index (χ3v) is 6.42. The van der Waals surface area contributed by atoms with Crippen LogP contribution in [0.3, 0.4) is 0 Å². The lowest BCUT2D eigenvalue weighted by atomic mass is 10.3. The molecule has 0 saturated heterocycles. The van der Waals surface area contributed by atoms with E-state index in [-0.39, 0.29) is 6.61 Å². The average Bonchev–Trinajstić information content (AvgIpc) is 3.29. The van der Waals surface area contributed by atoms with E-state index < -0.39 is 11.9 Å². The molecule has 0 aliphatic rings. The van der Waals surface area contributed by atoms with Crippen LogP contribution in [-0.4, -0.2) is 28.3 Å². The molecule has 152 valence electrons. The number of carbonyl (C=O) groups excluding carboxylic acids is 2. The summed E-state index contributed by atoms with van der Waals surface area (Å²) in [5.74, 6) is -0.955. The third-order valence-electron chi connectivity index (χ3n) is 4.29. The Morgan fingerprint density at radius 3 is 2.67 bits per heavy atom. The minimum absolute atomic E-state index is 0.366. The molecule has 0 radical (unpaired) electrons. The zero-order valence-electron chi connectivity index (χ0n) is 15.7. The average molecular weight is 552 g/mol. The van der Waals surface area contributed by atoms with Crippen LogP contribution >= 0.6 is 45.5 Å². The summed E-state index contributed by atoms with van der Waals surface area (Å²) >= 11 is 9.74. The molecule has 30 heavy (non-hydrogen) atoms. The van der Waals surface area contributed by atoms with Crippen molar-refractivity contribution in [2.75, 3.05) is 11.9 Å². The van der Waals surface area contributed by atoms with E-state index in [4.69, 9.17) is 16.3 Å². The quantitative estimate of drug-likeness (QED) is 0.265. The van der Waals surface area contributed by atoms with Gasteiger partial charge in [-0.05, 0) is 72.0 Å². The normalized spacial score (nSPS) is 10.9. The number of nitrogens with zero attached hydrogens (tertiary/aromatic N) is 2. The second-order valence-electron chi connectivity index (χ2n) is 6.41. The smallest absolute Gasteiger partial charge is 0.348 e. The molecule has 6 nitrogen and oxygen atoms in total. The summed E-state index contributed by atoms with van der Waals surface area (Å²) in [5, 5.41) is 8.64. The third kappa shape index (κ3) is 4.35. The number of anilines is 1. The Morgan fingerprint density at radius 1 is 1.20 bits per heavy atom. The van der Waals surface area contributed by atoms with Crippen molar-refractivity contribution in [3.05, 3.63) is 73.8 Å². The van der Waals surface area contributed by atoms with Crippen LogP contribution in [0.5, 0.6) is 0 Å². The number of benzene rings is 2. The van der Waals surface area contributed by atoms with Crippen molar-refractivity contribution in [1.82, 2.24) is 9.78 Å². The summed E-state index contributed by atoms with van der Waals surface area (Å²) in [6, 6.07) is 16.4. The lowest BCUT2D eigenvalue weighted by molar-refractivity contribution is -0.119. The number of thiophene rings is 1. The van der Waals surface area contributed by atoms with Crippen LogP contribution in [0.4, 0.5) is 5.69 Å². The van der Waals surface area contributed by atoms with Gasteiger partial charge in [-0.1, -0.05) is 23.7 Å². The summed E-state index contributed by atoms with van der Waals surface area (Å²) in [6.07, 6.45) is 0. The van der Waals surface area contributed by atoms with E-state index in [1.165, 1.54) is 11.3 Å². The molecule has 4 aromatic rings. The van der Waals surface area contributed by atoms with E-state index >= 15 is 0 Å². The van der Waals surface area contributed by atoms with Gasteiger partial charge in [-0.2, -0.15) is 5.10 Å². The number of hydrogen-bond acceptors (Lipinski definition) is 5.